The maximum Gasteiger partial charge on any atom is 0.307 e. The Morgan fingerprint density at radius 3 is 2.80 bits per heavy atom. The number of hydrogen-bond acceptors (Lipinski definition) is 2. The summed E-state index contributed by atoms with van der Waals surface area (Å²) in [6, 6.07) is 4.89. The van der Waals surface area contributed by atoms with E-state index in [9.17, 15) is 4.79 Å². The van der Waals surface area contributed by atoms with Crippen molar-refractivity contribution in [1.29, 1.82) is 0 Å². The number of rotatable bonds is 2. The maximum absolute atomic E-state index is 10.5. The molecule has 78 valence electrons. The summed E-state index contributed by atoms with van der Waals surface area (Å²) in [6.07, 6.45) is -0.131. The van der Waals surface area contributed by atoms with Crippen LogP contribution in [0.3, 0.4) is 0 Å². The maximum atomic E-state index is 10.5. The van der Waals surface area contributed by atoms with Crippen LogP contribution in [0.5, 0.6) is 0 Å². The van der Waals surface area contributed by atoms with Gasteiger partial charge in [0.25, 0.3) is 0 Å². The molecule has 0 bridgehead atoms. The van der Waals surface area contributed by atoms with Gasteiger partial charge in [-0.25, -0.2) is 0 Å². The molecule has 0 radical (unpaired) electrons. The molecule has 0 amide bonds. The number of benzene rings is 1. The number of carbonyl (C=O) groups is 1. The lowest BCUT2D eigenvalue weighted by molar-refractivity contribution is -0.136. The van der Waals surface area contributed by atoms with Crippen molar-refractivity contribution < 1.29 is 15.0 Å². The molecule has 0 aromatic heterocycles. The Labute approximate surface area is 92.3 Å². The van der Waals surface area contributed by atoms with E-state index in [2.05, 4.69) is 11.8 Å². The highest BCUT2D eigenvalue weighted by molar-refractivity contribution is 6.31. The molecule has 0 aliphatic rings. The molecule has 0 saturated carbocycles. The molecule has 2 N–H and O–H groups in total. The molecule has 4 heteroatoms. The van der Waals surface area contributed by atoms with Crippen molar-refractivity contribution >= 4 is 17.6 Å². The lowest BCUT2D eigenvalue weighted by atomic mass is 10.1. The summed E-state index contributed by atoms with van der Waals surface area (Å²) in [5.41, 5.74) is 1.17. The average Bonchev–Trinajstić information content (AvgIpc) is 2.18. The van der Waals surface area contributed by atoms with Crippen LogP contribution in [0.1, 0.15) is 11.1 Å². The first-order valence-corrected chi connectivity index (χ1v) is 4.61. The number of carboxylic acid groups (broad SMARTS) is 1. The Kier molecular flexibility index (Phi) is 4.17. The van der Waals surface area contributed by atoms with Gasteiger partial charge in [0.05, 0.1) is 6.42 Å². The Balaban J connectivity index is 2.99. The summed E-state index contributed by atoms with van der Waals surface area (Å²) in [5, 5.41) is 17.5. The van der Waals surface area contributed by atoms with Crippen molar-refractivity contribution in [3.05, 3.63) is 34.3 Å². The van der Waals surface area contributed by atoms with Gasteiger partial charge < -0.3 is 10.2 Å². The van der Waals surface area contributed by atoms with E-state index in [0.717, 1.165) is 0 Å². The van der Waals surface area contributed by atoms with Gasteiger partial charge >= 0.3 is 5.97 Å². The van der Waals surface area contributed by atoms with E-state index in [4.69, 9.17) is 21.8 Å². The fraction of sp³-hybridized carbons (Fsp3) is 0.182. The van der Waals surface area contributed by atoms with Crippen LogP contribution in [-0.4, -0.2) is 22.8 Å². The monoisotopic (exact) mass is 224 g/mol. The Morgan fingerprint density at radius 1 is 1.47 bits per heavy atom. The summed E-state index contributed by atoms with van der Waals surface area (Å²) in [5.74, 6) is 4.22. The Hall–Kier alpha value is -1.50. The van der Waals surface area contributed by atoms with Gasteiger partial charge in [0.1, 0.15) is 6.61 Å². The molecule has 0 aliphatic carbocycles. The zero-order valence-corrected chi connectivity index (χ0v) is 8.58. The first-order chi connectivity index (χ1) is 7.13. The highest BCUT2D eigenvalue weighted by atomic mass is 35.5. The lowest BCUT2D eigenvalue weighted by Gasteiger charge is -2.01. The van der Waals surface area contributed by atoms with Crippen LogP contribution in [0.4, 0.5) is 0 Å². The molecule has 0 saturated heterocycles. The molecular weight excluding hydrogens is 216 g/mol. The summed E-state index contributed by atoms with van der Waals surface area (Å²) in [4.78, 5) is 10.5. The third-order valence-corrected chi connectivity index (χ3v) is 2.07. The van der Waals surface area contributed by atoms with Gasteiger partial charge in [-0.05, 0) is 23.8 Å². The minimum Gasteiger partial charge on any atom is -0.481 e. The van der Waals surface area contributed by atoms with E-state index >= 15 is 0 Å². The van der Waals surface area contributed by atoms with Gasteiger partial charge in [0.2, 0.25) is 0 Å². The number of halogens is 1. The molecule has 15 heavy (non-hydrogen) atoms. The van der Waals surface area contributed by atoms with E-state index in [1.807, 2.05) is 0 Å². The van der Waals surface area contributed by atoms with Gasteiger partial charge in [-0.1, -0.05) is 23.4 Å². The van der Waals surface area contributed by atoms with E-state index in [-0.39, 0.29) is 13.0 Å². The molecule has 1 rings (SSSR count). The van der Waals surface area contributed by atoms with Crippen molar-refractivity contribution in [3.8, 4) is 11.8 Å². The number of aliphatic hydroxyl groups is 1. The van der Waals surface area contributed by atoms with Gasteiger partial charge in [-0.3, -0.25) is 4.79 Å². The van der Waals surface area contributed by atoms with Gasteiger partial charge in [0, 0.05) is 10.6 Å². The zero-order chi connectivity index (χ0) is 11.3. The van der Waals surface area contributed by atoms with E-state index < -0.39 is 5.97 Å². The number of hydrogen-bond donors (Lipinski definition) is 2. The minimum atomic E-state index is -0.941. The second-order valence-electron chi connectivity index (χ2n) is 2.84. The highest BCUT2D eigenvalue weighted by Crippen LogP contribution is 2.17. The van der Waals surface area contributed by atoms with Crippen molar-refractivity contribution in [2.75, 3.05) is 6.61 Å². The van der Waals surface area contributed by atoms with Crippen LogP contribution >= 0.6 is 11.6 Å². The zero-order valence-electron chi connectivity index (χ0n) is 7.83. The van der Waals surface area contributed by atoms with Crippen LogP contribution in [0.2, 0.25) is 5.02 Å². The SMILES string of the molecule is O=C(O)Cc1cc(C#CCO)ccc1Cl. The summed E-state index contributed by atoms with van der Waals surface area (Å²) >= 11 is 5.81. The van der Waals surface area contributed by atoms with Gasteiger partial charge in [-0.2, -0.15) is 0 Å². The van der Waals surface area contributed by atoms with E-state index in [0.29, 0.717) is 16.1 Å². The Morgan fingerprint density at radius 2 is 2.20 bits per heavy atom. The van der Waals surface area contributed by atoms with Crippen LogP contribution in [0.25, 0.3) is 0 Å². The van der Waals surface area contributed by atoms with Crippen LogP contribution in [0.15, 0.2) is 18.2 Å². The standard InChI is InChI=1S/C11H9ClO3/c12-10-4-3-8(2-1-5-13)6-9(10)7-11(14)15/h3-4,6,13H,5,7H2,(H,14,15). The summed E-state index contributed by atoms with van der Waals surface area (Å²) in [7, 11) is 0. The van der Waals surface area contributed by atoms with Gasteiger partial charge in [0.15, 0.2) is 0 Å². The van der Waals surface area contributed by atoms with Crippen LogP contribution < -0.4 is 0 Å². The molecule has 0 heterocycles. The molecule has 0 unspecified atom stereocenters. The average molecular weight is 225 g/mol. The van der Waals surface area contributed by atoms with Crippen LogP contribution in [-0.2, 0) is 11.2 Å². The summed E-state index contributed by atoms with van der Waals surface area (Å²) < 4.78 is 0. The topological polar surface area (TPSA) is 57.5 Å². The molecule has 3 nitrogen and oxygen atoms in total. The number of carboxylic acids is 1. The molecule has 0 aliphatic heterocycles. The second-order valence-corrected chi connectivity index (χ2v) is 3.24. The number of aliphatic hydroxyl groups excluding tert-OH is 1. The minimum absolute atomic E-state index is 0.131. The lowest BCUT2D eigenvalue weighted by Crippen LogP contribution is -2.00. The van der Waals surface area contributed by atoms with Crippen molar-refractivity contribution in [2.24, 2.45) is 0 Å². The molecular formula is C11H9ClO3. The van der Waals surface area contributed by atoms with E-state index in [1.54, 1.807) is 18.2 Å². The molecule has 0 atom stereocenters. The van der Waals surface area contributed by atoms with Crippen LogP contribution in [0, 0.1) is 11.8 Å². The third kappa shape index (κ3) is 3.62. The van der Waals surface area contributed by atoms with E-state index in [1.165, 1.54) is 0 Å². The first kappa shape index (κ1) is 11.6. The van der Waals surface area contributed by atoms with Gasteiger partial charge in [-0.15, -0.1) is 0 Å². The molecule has 1 aromatic carbocycles. The quantitative estimate of drug-likeness (QED) is 0.745. The normalized spacial score (nSPS) is 9.20. The van der Waals surface area contributed by atoms with Crippen molar-refractivity contribution in [2.45, 2.75) is 6.42 Å². The molecule has 0 fully saturated rings. The van der Waals surface area contributed by atoms with Crippen molar-refractivity contribution in [1.82, 2.24) is 0 Å². The third-order valence-electron chi connectivity index (χ3n) is 1.70. The summed E-state index contributed by atoms with van der Waals surface area (Å²) in [6.45, 7) is -0.225. The predicted molar refractivity (Wildman–Crippen MR) is 56.8 cm³/mol. The Bertz CT molecular complexity index is 429. The fourth-order valence-corrected chi connectivity index (χ4v) is 1.28. The fourth-order valence-electron chi connectivity index (χ4n) is 1.09. The highest BCUT2D eigenvalue weighted by Gasteiger charge is 2.05. The molecule has 1 aromatic rings. The molecule has 0 spiro atoms. The largest absolute Gasteiger partial charge is 0.481 e. The second kappa shape index (κ2) is 5.40. The van der Waals surface area contributed by atoms with Crippen molar-refractivity contribution in [3.63, 3.8) is 0 Å². The smallest absolute Gasteiger partial charge is 0.307 e. The first-order valence-electron chi connectivity index (χ1n) is 4.23. The predicted octanol–water partition coefficient (Wildman–Crippen LogP) is 1.31. The number of aliphatic carboxylic acids is 1.